The number of nitrogens with zero attached hydrogens (tertiary/aromatic N) is 3. The summed E-state index contributed by atoms with van der Waals surface area (Å²) in [7, 11) is 0. The van der Waals surface area contributed by atoms with E-state index in [2.05, 4.69) is 10.1 Å². The first-order chi connectivity index (χ1) is 8.48. The summed E-state index contributed by atoms with van der Waals surface area (Å²) in [5, 5.41) is 11.9. The molecule has 0 saturated heterocycles. The highest BCUT2D eigenvalue weighted by Gasteiger charge is 2.30. The van der Waals surface area contributed by atoms with E-state index in [1.54, 1.807) is 18.2 Å². The third-order valence-corrected chi connectivity index (χ3v) is 2.07. The maximum atomic E-state index is 12.1. The first kappa shape index (κ1) is 12.1. The molecule has 0 aliphatic carbocycles. The molecule has 1 heterocycles. The van der Waals surface area contributed by atoms with Crippen molar-refractivity contribution >= 4 is 0 Å². The van der Waals surface area contributed by atoms with Crippen molar-refractivity contribution < 1.29 is 17.7 Å². The Morgan fingerprint density at radius 1 is 1.33 bits per heavy atom. The van der Waals surface area contributed by atoms with E-state index in [0.29, 0.717) is 11.1 Å². The van der Waals surface area contributed by atoms with Gasteiger partial charge in [-0.3, -0.25) is 0 Å². The average Bonchev–Trinajstić information content (AvgIpc) is 2.75. The van der Waals surface area contributed by atoms with Crippen molar-refractivity contribution in [3.05, 3.63) is 35.7 Å². The predicted molar refractivity (Wildman–Crippen MR) is 54.2 cm³/mol. The summed E-state index contributed by atoms with van der Waals surface area (Å²) in [6.07, 6.45) is -5.62. The monoisotopic (exact) mass is 253 g/mol. The van der Waals surface area contributed by atoms with Gasteiger partial charge in [0.25, 0.3) is 5.89 Å². The van der Waals surface area contributed by atoms with Crippen LogP contribution < -0.4 is 0 Å². The Morgan fingerprint density at radius 2 is 2.11 bits per heavy atom. The number of aromatic nitrogens is 2. The molecular weight excluding hydrogens is 247 g/mol. The Balaban J connectivity index is 2.27. The van der Waals surface area contributed by atoms with Crippen LogP contribution in [-0.4, -0.2) is 16.3 Å². The highest BCUT2D eigenvalue weighted by atomic mass is 19.4. The summed E-state index contributed by atoms with van der Waals surface area (Å²) >= 11 is 0. The summed E-state index contributed by atoms with van der Waals surface area (Å²) in [5.41, 5.74) is 0.776. The molecule has 1 aromatic carbocycles. The molecule has 0 unspecified atom stereocenters. The van der Waals surface area contributed by atoms with Gasteiger partial charge in [-0.05, 0) is 18.2 Å². The molecular formula is C11H6F3N3O. The van der Waals surface area contributed by atoms with Crippen molar-refractivity contribution in [2.24, 2.45) is 0 Å². The Hall–Kier alpha value is -2.36. The van der Waals surface area contributed by atoms with Gasteiger partial charge in [0.1, 0.15) is 6.42 Å². The molecule has 0 saturated carbocycles. The number of benzene rings is 1. The lowest BCUT2D eigenvalue weighted by Crippen LogP contribution is -2.12. The molecule has 7 heteroatoms. The number of hydrogen-bond donors (Lipinski definition) is 0. The van der Waals surface area contributed by atoms with Crippen molar-refractivity contribution in [1.29, 1.82) is 5.26 Å². The highest BCUT2D eigenvalue weighted by molar-refractivity contribution is 5.55. The fraction of sp³-hybridized carbons (Fsp3) is 0.182. The van der Waals surface area contributed by atoms with Gasteiger partial charge in [0.2, 0.25) is 0 Å². The van der Waals surface area contributed by atoms with Crippen LogP contribution in [0.3, 0.4) is 0 Å². The maximum Gasteiger partial charge on any atom is 0.396 e. The van der Waals surface area contributed by atoms with Gasteiger partial charge in [0, 0.05) is 5.56 Å². The predicted octanol–water partition coefficient (Wildman–Crippen LogP) is 2.71. The van der Waals surface area contributed by atoms with E-state index in [4.69, 9.17) is 9.78 Å². The van der Waals surface area contributed by atoms with Crippen LogP contribution >= 0.6 is 0 Å². The third kappa shape index (κ3) is 2.85. The van der Waals surface area contributed by atoms with E-state index in [1.807, 2.05) is 6.07 Å². The van der Waals surface area contributed by atoms with Gasteiger partial charge in [-0.2, -0.15) is 23.4 Å². The second-order valence-corrected chi connectivity index (χ2v) is 3.50. The lowest BCUT2D eigenvalue weighted by Gasteiger charge is -1.99. The molecule has 0 bridgehead atoms. The average molecular weight is 253 g/mol. The standard InChI is InChI=1S/C11H6F3N3O/c12-11(13,14)5-9-16-10(18-17-9)8-3-1-2-7(4-8)6-15/h1-4H,5H2. The van der Waals surface area contributed by atoms with Gasteiger partial charge < -0.3 is 4.52 Å². The molecule has 0 atom stereocenters. The zero-order chi connectivity index (χ0) is 13.2. The first-order valence-electron chi connectivity index (χ1n) is 4.88. The number of halogens is 3. The third-order valence-electron chi connectivity index (χ3n) is 2.07. The first-order valence-corrected chi connectivity index (χ1v) is 4.88. The molecule has 0 aliphatic heterocycles. The zero-order valence-corrected chi connectivity index (χ0v) is 8.90. The van der Waals surface area contributed by atoms with Crippen molar-refractivity contribution in [3.63, 3.8) is 0 Å². The normalized spacial score (nSPS) is 11.2. The Morgan fingerprint density at radius 3 is 2.78 bits per heavy atom. The van der Waals surface area contributed by atoms with E-state index < -0.39 is 18.4 Å². The number of nitriles is 1. The topological polar surface area (TPSA) is 62.7 Å². The molecule has 0 fully saturated rings. The van der Waals surface area contributed by atoms with Gasteiger partial charge in [0.05, 0.1) is 11.6 Å². The van der Waals surface area contributed by atoms with Crippen LogP contribution in [0.25, 0.3) is 11.5 Å². The van der Waals surface area contributed by atoms with Crippen LogP contribution in [0.15, 0.2) is 28.8 Å². The van der Waals surface area contributed by atoms with Crippen molar-refractivity contribution in [2.45, 2.75) is 12.6 Å². The van der Waals surface area contributed by atoms with E-state index in [0.717, 1.165) is 0 Å². The molecule has 0 radical (unpaired) electrons. The largest absolute Gasteiger partial charge is 0.396 e. The molecule has 2 rings (SSSR count). The summed E-state index contributed by atoms with van der Waals surface area (Å²) in [5.74, 6) is -0.466. The highest BCUT2D eigenvalue weighted by Crippen LogP contribution is 2.22. The Kier molecular flexibility index (Phi) is 3.02. The lowest BCUT2D eigenvalue weighted by molar-refractivity contribution is -0.128. The van der Waals surface area contributed by atoms with E-state index in [-0.39, 0.29) is 5.89 Å². The second kappa shape index (κ2) is 4.49. The quantitative estimate of drug-likeness (QED) is 0.825. The molecule has 4 nitrogen and oxygen atoms in total. The molecule has 1 aromatic heterocycles. The minimum Gasteiger partial charge on any atom is -0.334 e. The van der Waals surface area contributed by atoms with Crippen LogP contribution in [0.1, 0.15) is 11.4 Å². The number of hydrogen-bond acceptors (Lipinski definition) is 4. The van der Waals surface area contributed by atoms with E-state index in [9.17, 15) is 13.2 Å². The van der Waals surface area contributed by atoms with Crippen LogP contribution in [0.4, 0.5) is 13.2 Å². The van der Waals surface area contributed by atoms with Gasteiger partial charge in [0.15, 0.2) is 5.82 Å². The van der Waals surface area contributed by atoms with Crippen LogP contribution in [0, 0.1) is 11.3 Å². The van der Waals surface area contributed by atoms with Crippen LogP contribution in [0.2, 0.25) is 0 Å². The SMILES string of the molecule is N#Cc1cccc(-c2nc(CC(F)(F)F)no2)c1. The molecule has 0 N–H and O–H groups in total. The lowest BCUT2D eigenvalue weighted by atomic mass is 10.1. The van der Waals surface area contributed by atoms with Gasteiger partial charge in [-0.15, -0.1) is 0 Å². The van der Waals surface area contributed by atoms with Crippen molar-refractivity contribution in [2.75, 3.05) is 0 Å². The van der Waals surface area contributed by atoms with Gasteiger partial charge >= 0.3 is 6.18 Å². The fourth-order valence-electron chi connectivity index (χ4n) is 1.34. The minimum absolute atomic E-state index is 0.0358. The Labute approximate surface area is 99.7 Å². The minimum atomic E-state index is -4.38. The smallest absolute Gasteiger partial charge is 0.334 e. The fourth-order valence-corrected chi connectivity index (χ4v) is 1.34. The van der Waals surface area contributed by atoms with Crippen LogP contribution in [-0.2, 0) is 6.42 Å². The van der Waals surface area contributed by atoms with E-state index >= 15 is 0 Å². The summed E-state index contributed by atoms with van der Waals surface area (Å²) in [6.45, 7) is 0. The second-order valence-electron chi connectivity index (χ2n) is 3.50. The molecule has 0 amide bonds. The van der Waals surface area contributed by atoms with Gasteiger partial charge in [-0.25, -0.2) is 0 Å². The zero-order valence-electron chi connectivity index (χ0n) is 8.90. The molecule has 18 heavy (non-hydrogen) atoms. The molecule has 92 valence electrons. The summed E-state index contributed by atoms with van der Waals surface area (Å²) in [6, 6.07) is 8.10. The summed E-state index contributed by atoms with van der Waals surface area (Å²) < 4.78 is 41.0. The van der Waals surface area contributed by atoms with Crippen molar-refractivity contribution in [3.8, 4) is 17.5 Å². The number of alkyl halides is 3. The van der Waals surface area contributed by atoms with Gasteiger partial charge in [-0.1, -0.05) is 11.2 Å². The molecule has 0 spiro atoms. The molecule has 2 aromatic rings. The number of rotatable bonds is 2. The van der Waals surface area contributed by atoms with E-state index in [1.165, 1.54) is 6.07 Å². The maximum absolute atomic E-state index is 12.1. The van der Waals surface area contributed by atoms with Crippen LogP contribution in [0.5, 0.6) is 0 Å². The van der Waals surface area contributed by atoms with Crippen molar-refractivity contribution in [1.82, 2.24) is 10.1 Å². The molecule has 0 aliphatic rings. The Bertz CT molecular complexity index is 598. The summed E-state index contributed by atoms with van der Waals surface area (Å²) in [4.78, 5) is 3.63.